The van der Waals surface area contributed by atoms with Crippen molar-refractivity contribution in [1.82, 2.24) is 0 Å². The Morgan fingerprint density at radius 2 is 1.53 bits per heavy atom. The summed E-state index contributed by atoms with van der Waals surface area (Å²) in [5, 5.41) is 0. The molecule has 0 aliphatic carbocycles. The molecular weight excluding hydrogens is 452 g/mol. The Bertz CT molecular complexity index is 1020. The lowest BCUT2D eigenvalue weighted by Crippen LogP contribution is -2.24. The van der Waals surface area contributed by atoms with Crippen molar-refractivity contribution in [2.45, 2.75) is 58.5 Å². The summed E-state index contributed by atoms with van der Waals surface area (Å²) in [6.07, 6.45) is 4.86. The zero-order valence-corrected chi connectivity index (χ0v) is 21.3. The highest BCUT2D eigenvalue weighted by Gasteiger charge is 2.15. The lowest BCUT2D eigenvalue weighted by molar-refractivity contribution is -0.168. The highest BCUT2D eigenvalue weighted by atomic mass is 16.7. The van der Waals surface area contributed by atoms with Gasteiger partial charge in [0.1, 0.15) is 24.7 Å². The first-order chi connectivity index (χ1) is 17.8. The minimum absolute atomic E-state index is 0.0724. The van der Waals surface area contributed by atoms with Crippen LogP contribution in [-0.4, -0.2) is 32.7 Å². The van der Waals surface area contributed by atoms with Gasteiger partial charge in [0, 0.05) is 12.7 Å². The number of benzene rings is 3. The third-order valence-electron chi connectivity index (χ3n) is 6.30. The maximum Gasteiger partial charge on any atom is 0.157 e. The van der Waals surface area contributed by atoms with Crippen molar-refractivity contribution in [3.63, 3.8) is 0 Å². The number of hydrogen-bond acceptors (Lipinski definition) is 5. The van der Waals surface area contributed by atoms with E-state index in [0.29, 0.717) is 33.0 Å². The van der Waals surface area contributed by atoms with Gasteiger partial charge in [0.15, 0.2) is 6.29 Å². The minimum atomic E-state index is -0.0724. The molecule has 0 aromatic heterocycles. The third kappa shape index (κ3) is 8.37. The molecule has 1 fully saturated rings. The van der Waals surface area contributed by atoms with Crippen molar-refractivity contribution in [3.8, 4) is 11.5 Å². The maximum absolute atomic E-state index is 6.30. The van der Waals surface area contributed by atoms with Crippen LogP contribution in [0.15, 0.2) is 72.8 Å². The largest absolute Gasteiger partial charge is 0.489 e. The van der Waals surface area contributed by atoms with Crippen LogP contribution in [0, 0.1) is 0 Å². The van der Waals surface area contributed by atoms with Crippen LogP contribution in [0.3, 0.4) is 0 Å². The molecule has 0 radical (unpaired) electrons. The summed E-state index contributed by atoms with van der Waals surface area (Å²) >= 11 is 0. The van der Waals surface area contributed by atoms with E-state index in [0.717, 1.165) is 54.9 Å². The smallest absolute Gasteiger partial charge is 0.157 e. The van der Waals surface area contributed by atoms with Crippen LogP contribution < -0.4 is 9.47 Å². The average molecular weight is 491 g/mol. The van der Waals surface area contributed by atoms with Gasteiger partial charge >= 0.3 is 0 Å². The molecule has 1 atom stereocenters. The van der Waals surface area contributed by atoms with E-state index in [1.54, 1.807) is 0 Å². The highest BCUT2D eigenvalue weighted by Crippen LogP contribution is 2.31. The van der Waals surface area contributed by atoms with E-state index in [-0.39, 0.29) is 6.29 Å². The quantitative estimate of drug-likeness (QED) is 0.241. The van der Waals surface area contributed by atoms with E-state index < -0.39 is 0 Å². The monoisotopic (exact) mass is 490 g/mol. The molecule has 1 aliphatic heterocycles. The molecule has 1 unspecified atom stereocenters. The zero-order valence-electron chi connectivity index (χ0n) is 21.3. The van der Waals surface area contributed by atoms with Crippen molar-refractivity contribution < 1.29 is 23.7 Å². The second-order valence-corrected chi connectivity index (χ2v) is 8.99. The molecule has 0 bridgehead atoms. The molecule has 3 aromatic carbocycles. The second kappa shape index (κ2) is 14.6. The Balaban J connectivity index is 1.37. The van der Waals surface area contributed by atoms with Crippen LogP contribution in [-0.2, 0) is 40.3 Å². The average Bonchev–Trinajstić information content (AvgIpc) is 2.94. The predicted molar refractivity (Wildman–Crippen MR) is 141 cm³/mol. The molecule has 1 heterocycles. The van der Waals surface area contributed by atoms with Crippen molar-refractivity contribution in [2.24, 2.45) is 0 Å². The predicted octanol–water partition coefficient (Wildman–Crippen LogP) is 6.51. The van der Waals surface area contributed by atoms with Gasteiger partial charge in [-0.1, -0.05) is 67.6 Å². The summed E-state index contributed by atoms with van der Waals surface area (Å²) in [5.74, 6) is 1.69. The van der Waals surface area contributed by atoms with E-state index in [2.05, 4.69) is 37.3 Å². The summed E-state index contributed by atoms with van der Waals surface area (Å²) in [5.41, 5.74) is 4.67. The van der Waals surface area contributed by atoms with Crippen LogP contribution in [0.4, 0.5) is 0 Å². The normalized spacial score (nSPS) is 15.5. The van der Waals surface area contributed by atoms with Crippen LogP contribution in [0.2, 0.25) is 0 Å². The molecule has 192 valence electrons. The van der Waals surface area contributed by atoms with E-state index in [1.807, 2.05) is 42.5 Å². The molecule has 3 aromatic rings. The van der Waals surface area contributed by atoms with Gasteiger partial charge in [0.2, 0.25) is 0 Å². The first-order valence-electron chi connectivity index (χ1n) is 13.1. The number of rotatable bonds is 14. The third-order valence-corrected chi connectivity index (χ3v) is 6.30. The Kier molecular flexibility index (Phi) is 10.7. The molecule has 0 saturated carbocycles. The summed E-state index contributed by atoms with van der Waals surface area (Å²) in [4.78, 5) is 0. The minimum Gasteiger partial charge on any atom is -0.489 e. The van der Waals surface area contributed by atoms with Crippen LogP contribution in [0.1, 0.15) is 48.4 Å². The van der Waals surface area contributed by atoms with Crippen molar-refractivity contribution in [3.05, 3.63) is 95.1 Å². The first-order valence-corrected chi connectivity index (χ1v) is 13.1. The van der Waals surface area contributed by atoms with Gasteiger partial charge in [-0.05, 0) is 60.4 Å². The lowest BCUT2D eigenvalue weighted by atomic mass is 10.0. The van der Waals surface area contributed by atoms with Crippen molar-refractivity contribution >= 4 is 0 Å². The van der Waals surface area contributed by atoms with Gasteiger partial charge < -0.3 is 23.7 Å². The zero-order chi connectivity index (χ0) is 24.8. The molecule has 4 rings (SSSR count). The van der Waals surface area contributed by atoms with Gasteiger partial charge in [-0.15, -0.1) is 0 Å². The van der Waals surface area contributed by atoms with E-state index >= 15 is 0 Å². The molecule has 0 amide bonds. The summed E-state index contributed by atoms with van der Waals surface area (Å²) in [7, 11) is 0. The molecule has 0 spiro atoms. The SMILES string of the molecule is CCc1c(CCOCCOC2CCCCO2)cc(OCc2ccccc2)cc1OCc1ccccc1. The second-order valence-electron chi connectivity index (χ2n) is 8.99. The molecule has 1 saturated heterocycles. The van der Waals surface area contributed by atoms with Crippen molar-refractivity contribution in [2.75, 3.05) is 26.4 Å². The first kappa shape index (κ1) is 26.2. The molecule has 1 aliphatic rings. The summed E-state index contributed by atoms with van der Waals surface area (Å²) in [6.45, 7) is 5.72. The molecule has 5 nitrogen and oxygen atoms in total. The van der Waals surface area contributed by atoms with Gasteiger partial charge in [0.05, 0.1) is 19.8 Å². The maximum atomic E-state index is 6.30. The highest BCUT2D eigenvalue weighted by molar-refractivity contribution is 5.47. The fraction of sp³-hybridized carbons (Fsp3) is 0.419. The van der Waals surface area contributed by atoms with Crippen LogP contribution in [0.5, 0.6) is 11.5 Å². The van der Waals surface area contributed by atoms with Gasteiger partial charge in [-0.2, -0.15) is 0 Å². The summed E-state index contributed by atoms with van der Waals surface area (Å²) < 4.78 is 29.8. The molecular formula is C31H38O5. The van der Waals surface area contributed by atoms with Gasteiger partial charge in [0.25, 0.3) is 0 Å². The van der Waals surface area contributed by atoms with E-state index in [9.17, 15) is 0 Å². The van der Waals surface area contributed by atoms with Crippen LogP contribution >= 0.6 is 0 Å². The van der Waals surface area contributed by atoms with E-state index in [1.165, 1.54) is 17.5 Å². The fourth-order valence-corrected chi connectivity index (χ4v) is 4.35. The molecule has 36 heavy (non-hydrogen) atoms. The Hall–Kier alpha value is -2.86. The lowest BCUT2D eigenvalue weighted by Gasteiger charge is -2.22. The van der Waals surface area contributed by atoms with Gasteiger partial charge in [-0.25, -0.2) is 0 Å². The molecule has 5 heteroatoms. The van der Waals surface area contributed by atoms with Crippen molar-refractivity contribution in [1.29, 1.82) is 0 Å². The van der Waals surface area contributed by atoms with Crippen LogP contribution in [0.25, 0.3) is 0 Å². The van der Waals surface area contributed by atoms with E-state index in [4.69, 9.17) is 23.7 Å². The number of ether oxygens (including phenoxy) is 5. The Morgan fingerprint density at radius 3 is 2.19 bits per heavy atom. The summed E-state index contributed by atoms with van der Waals surface area (Å²) in [6, 6.07) is 24.6. The fourth-order valence-electron chi connectivity index (χ4n) is 4.35. The standard InChI is InChI=1S/C31H38O5/c1-2-29-27(16-18-32-19-20-34-31-15-9-10-17-33-31)21-28(35-23-25-11-5-3-6-12-25)22-30(29)36-24-26-13-7-4-8-14-26/h3-8,11-14,21-22,31H,2,9-10,15-20,23-24H2,1H3. The Morgan fingerprint density at radius 1 is 0.806 bits per heavy atom. The van der Waals surface area contributed by atoms with Gasteiger partial charge in [-0.3, -0.25) is 0 Å². The molecule has 0 N–H and O–H groups in total. The number of hydrogen-bond donors (Lipinski definition) is 0. The Labute approximate surface area is 215 Å². The topological polar surface area (TPSA) is 46.2 Å².